The SMILES string of the molecule is O=C(COc1ccc(N=Nc2ccccc2)cc1)N[C@@H]1CCCC[C@H]1NC(=O)COc1ccc(N=Nc2ccccc2)cc1. The maximum atomic E-state index is 12.7. The number of rotatable bonds is 12. The zero-order valence-corrected chi connectivity index (χ0v) is 24.2. The molecule has 2 N–H and O–H groups in total. The number of nitrogens with zero attached hydrogens (tertiary/aromatic N) is 4. The average Bonchev–Trinajstić information content (AvgIpc) is 3.07. The van der Waals surface area contributed by atoms with Crippen LogP contribution in [0.3, 0.4) is 0 Å². The van der Waals surface area contributed by atoms with E-state index in [2.05, 4.69) is 31.1 Å². The molecular formula is C34H34N6O4. The normalized spacial score (nSPS) is 16.5. The molecule has 0 heterocycles. The Kier molecular flexibility index (Phi) is 10.8. The van der Waals surface area contributed by atoms with Crippen molar-refractivity contribution in [3.8, 4) is 11.5 Å². The summed E-state index contributed by atoms with van der Waals surface area (Å²) in [6.45, 7) is -0.266. The first kappa shape index (κ1) is 30.1. The van der Waals surface area contributed by atoms with E-state index < -0.39 is 0 Å². The van der Waals surface area contributed by atoms with Crippen molar-refractivity contribution < 1.29 is 19.1 Å². The predicted molar refractivity (Wildman–Crippen MR) is 167 cm³/mol. The third-order valence-corrected chi connectivity index (χ3v) is 6.95. The summed E-state index contributed by atoms with van der Waals surface area (Å²) in [5.74, 6) is 0.614. The molecule has 0 spiro atoms. The summed E-state index contributed by atoms with van der Waals surface area (Å²) in [5, 5.41) is 22.9. The summed E-state index contributed by atoms with van der Waals surface area (Å²) >= 11 is 0. The summed E-state index contributed by atoms with van der Waals surface area (Å²) in [5.41, 5.74) is 2.89. The highest BCUT2D eigenvalue weighted by molar-refractivity contribution is 5.79. The lowest BCUT2D eigenvalue weighted by Gasteiger charge is -2.32. The van der Waals surface area contributed by atoms with Crippen LogP contribution in [0, 0.1) is 0 Å². The Morgan fingerprint density at radius 1 is 0.523 bits per heavy atom. The molecule has 0 radical (unpaired) electrons. The van der Waals surface area contributed by atoms with Gasteiger partial charge in [-0.15, -0.1) is 0 Å². The van der Waals surface area contributed by atoms with Crippen molar-refractivity contribution in [1.29, 1.82) is 0 Å². The second-order valence-electron chi connectivity index (χ2n) is 10.3. The summed E-state index contributed by atoms with van der Waals surface area (Å²) in [6.07, 6.45) is 3.50. The molecule has 4 aromatic carbocycles. The summed E-state index contributed by atoms with van der Waals surface area (Å²) in [6, 6.07) is 32.7. The maximum absolute atomic E-state index is 12.7. The van der Waals surface area contributed by atoms with Gasteiger partial charge in [-0.25, -0.2) is 0 Å². The first-order chi connectivity index (χ1) is 21.6. The van der Waals surface area contributed by atoms with Gasteiger partial charge in [0, 0.05) is 12.1 Å². The Morgan fingerprint density at radius 3 is 1.23 bits per heavy atom. The third-order valence-electron chi connectivity index (χ3n) is 6.95. The van der Waals surface area contributed by atoms with Crippen LogP contribution >= 0.6 is 0 Å². The molecule has 5 rings (SSSR count). The van der Waals surface area contributed by atoms with Gasteiger partial charge in [0.1, 0.15) is 11.5 Å². The standard InChI is InChI=1S/C34H34N6O4/c41-33(23-43-29-19-15-27(16-20-29)39-37-25-9-3-1-4-10-25)35-31-13-7-8-14-32(31)36-34(42)24-44-30-21-17-28(18-22-30)40-38-26-11-5-2-6-12-26/h1-6,9-12,15-22,31-32H,7-8,13-14,23-24H2,(H,35,41)(H,36,42)/t31-,32-/m1/s1. The first-order valence-electron chi connectivity index (χ1n) is 14.6. The van der Waals surface area contributed by atoms with Crippen LogP contribution < -0.4 is 20.1 Å². The minimum Gasteiger partial charge on any atom is -0.484 e. The topological polar surface area (TPSA) is 126 Å². The molecular weight excluding hydrogens is 556 g/mol. The van der Waals surface area contributed by atoms with Crippen LogP contribution in [0.15, 0.2) is 130 Å². The average molecular weight is 591 g/mol. The Hall–Kier alpha value is -5.38. The lowest BCUT2D eigenvalue weighted by molar-refractivity contribution is -0.127. The zero-order valence-electron chi connectivity index (χ0n) is 24.2. The van der Waals surface area contributed by atoms with E-state index in [9.17, 15) is 9.59 Å². The van der Waals surface area contributed by atoms with Crippen LogP contribution in [0.4, 0.5) is 22.7 Å². The van der Waals surface area contributed by atoms with Gasteiger partial charge in [0.25, 0.3) is 11.8 Å². The van der Waals surface area contributed by atoms with Crippen molar-refractivity contribution in [2.45, 2.75) is 37.8 Å². The number of nitrogens with one attached hydrogen (secondary N) is 2. The lowest BCUT2D eigenvalue weighted by Crippen LogP contribution is -2.54. The van der Waals surface area contributed by atoms with Gasteiger partial charge < -0.3 is 20.1 Å². The van der Waals surface area contributed by atoms with Crippen molar-refractivity contribution in [3.05, 3.63) is 109 Å². The van der Waals surface area contributed by atoms with Crippen LogP contribution in [0.25, 0.3) is 0 Å². The first-order valence-corrected chi connectivity index (χ1v) is 14.6. The quantitative estimate of drug-likeness (QED) is 0.166. The van der Waals surface area contributed by atoms with Gasteiger partial charge in [0.05, 0.1) is 22.7 Å². The Morgan fingerprint density at radius 2 is 0.864 bits per heavy atom. The molecule has 2 amide bonds. The van der Waals surface area contributed by atoms with Crippen molar-refractivity contribution in [1.82, 2.24) is 10.6 Å². The molecule has 10 heteroatoms. The van der Waals surface area contributed by atoms with Crippen LogP contribution in [-0.4, -0.2) is 37.1 Å². The van der Waals surface area contributed by atoms with Crippen LogP contribution in [0.2, 0.25) is 0 Å². The molecule has 0 saturated heterocycles. The van der Waals surface area contributed by atoms with E-state index in [1.54, 1.807) is 48.5 Å². The van der Waals surface area contributed by atoms with E-state index in [4.69, 9.17) is 9.47 Å². The fourth-order valence-electron chi connectivity index (χ4n) is 4.71. The lowest BCUT2D eigenvalue weighted by atomic mass is 9.90. The monoisotopic (exact) mass is 590 g/mol. The fourth-order valence-corrected chi connectivity index (χ4v) is 4.71. The zero-order chi connectivity index (χ0) is 30.4. The number of benzene rings is 4. The minimum atomic E-state index is -0.246. The minimum absolute atomic E-state index is 0.133. The molecule has 0 bridgehead atoms. The van der Waals surface area contributed by atoms with Gasteiger partial charge >= 0.3 is 0 Å². The third kappa shape index (κ3) is 9.59. The summed E-state index contributed by atoms with van der Waals surface area (Å²) < 4.78 is 11.3. The molecule has 44 heavy (non-hydrogen) atoms. The number of amides is 2. The molecule has 2 atom stereocenters. The molecule has 1 aliphatic rings. The number of azo groups is 2. The van der Waals surface area contributed by atoms with Gasteiger partial charge in [-0.3, -0.25) is 9.59 Å². The predicted octanol–water partition coefficient (Wildman–Crippen LogP) is 7.52. The number of carbonyl (C=O) groups is 2. The molecule has 0 unspecified atom stereocenters. The van der Waals surface area contributed by atoms with Gasteiger partial charge in [-0.2, -0.15) is 20.5 Å². The van der Waals surface area contributed by atoms with E-state index in [0.717, 1.165) is 37.1 Å². The van der Waals surface area contributed by atoms with Crippen LogP contribution in [0.1, 0.15) is 25.7 Å². The maximum Gasteiger partial charge on any atom is 0.258 e. The Bertz CT molecular complexity index is 1430. The smallest absolute Gasteiger partial charge is 0.258 e. The van der Waals surface area contributed by atoms with Crippen LogP contribution in [-0.2, 0) is 9.59 Å². The molecule has 224 valence electrons. The summed E-state index contributed by atoms with van der Waals surface area (Å²) in [7, 11) is 0. The van der Waals surface area contributed by atoms with E-state index in [0.29, 0.717) is 22.9 Å². The molecule has 10 nitrogen and oxygen atoms in total. The molecule has 0 aliphatic heterocycles. The van der Waals surface area contributed by atoms with Gasteiger partial charge in [0.2, 0.25) is 0 Å². The number of hydrogen-bond donors (Lipinski definition) is 2. The second-order valence-corrected chi connectivity index (χ2v) is 10.3. The highest BCUT2D eigenvalue weighted by atomic mass is 16.5. The Balaban J connectivity index is 1.04. The Labute approximate surface area is 256 Å². The number of hydrogen-bond acceptors (Lipinski definition) is 8. The van der Waals surface area contributed by atoms with Gasteiger partial charge in [-0.1, -0.05) is 49.2 Å². The van der Waals surface area contributed by atoms with E-state index in [-0.39, 0.29) is 37.1 Å². The van der Waals surface area contributed by atoms with Gasteiger partial charge in [0.15, 0.2) is 13.2 Å². The van der Waals surface area contributed by atoms with E-state index in [1.807, 2.05) is 60.7 Å². The number of ether oxygens (including phenoxy) is 2. The van der Waals surface area contributed by atoms with Gasteiger partial charge in [-0.05, 0) is 85.6 Å². The second kappa shape index (κ2) is 15.7. The van der Waals surface area contributed by atoms with E-state index in [1.165, 1.54) is 0 Å². The molecule has 4 aromatic rings. The van der Waals surface area contributed by atoms with Crippen molar-refractivity contribution >= 4 is 34.6 Å². The highest BCUT2D eigenvalue weighted by Gasteiger charge is 2.28. The molecule has 1 fully saturated rings. The molecule has 1 aliphatic carbocycles. The molecule has 0 aromatic heterocycles. The summed E-state index contributed by atoms with van der Waals surface area (Å²) in [4.78, 5) is 25.4. The number of carbonyl (C=O) groups excluding carboxylic acids is 2. The van der Waals surface area contributed by atoms with Crippen LogP contribution in [0.5, 0.6) is 11.5 Å². The van der Waals surface area contributed by atoms with Crippen molar-refractivity contribution in [3.63, 3.8) is 0 Å². The van der Waals surface area contributed by atoms with Crippen molar-refractivity contribution in [2.75, 3.05) is 13.2 Å². The molecule has 1 saturated carbocycles. The largest absolute Gasteiger partial charge is 0.484 e. The van der Waals surface area contributed by atoms with Crippen molar-refractivity contribution in [2.24, 2.45) is 20.5 Å². The van der Waals surface area contributed by atoms with E-state index >= 15 is 0 Å². The highest BCUT2D eigenvalue weighted by Crippen LogP contribution is 2.23. The fraction of sp³-hybridized carbons (Fsp3) is 0.235.